The molecule has 1 saturated heterocycles. The summed E-state index contributed by atoms with van der Waals surface area (Å²) in [5.41, 5.74) is 3.69. The molecule has 5 rings (SSSR count). The van der Waals surface area contributed by atoms with Crippen LogP contribution >= 0.6 is 23.2 Å². The normalized spacial score (nSPS) is 17.3. The number of halogens is 4. The van der Waals surface area contributed by atoms with E-state index < -0.39 is 24.5 Å². The number of ether oxygens (including phenoxy) is 3. The molecule has 50 heavy (non-hydrogen) atoms. The van der Waals surface area contributed by atoms with E-state index in [1.807, 2.05) is 24.3 Å². The van der Waals surface area contributed by atoms with Crippen molar-refractivity contribution in [2.75, 3.05) is 45.9 Å². The van der Waals surface area contributed by atoms with E-state index in [0.29, 0.717) is 34.4 Å². The molecule has 0 bridgehead atoms. The number of carbonyl (C=O) groups is 2. The van der Waals surface area contributed by atoms with Crippen molar-refractivity contribution in [3.63, 3.8) is 0 Å². The molecule has 3 aromatic carbocycles. The first-order valence-corrected chi connectivity index (χ1v) is 17.4. The molecular formula is C38H41Cl2F2N3O5. The van der Waals surface area contributed by atoms with Gasteiger partial charge in [-0.15, -0.1) is 0 Å². The highest BCUT2D eigenvalue weighted by molar-refractivity contribution is 6.30. The number of esters is 2. The zero-order valence-corrected chi connectivity index (χ0v) is 29.8. The van der Waals surface area contributed by atoms with Gasteiger partial charge in [-0.05, 0) is 68.7 Å². The fourth-order valence-electron chi connectivity index (χ4n) is 6.66. The van der Waals surface area contributed by atoms with Gasteiger partial charge < -0.3 is 24.4 Å². The largest absolute Gasteiger partial charge is 0.463 e. The van der Waals surface area contributed by atoms with Gasteiger partial charge in [0.15, 0.2) is 0 Å². The molecule has 1 unspecified atom stereocenters. The summed E-state index contributed by atoms with van der Waals surface area (Å²) in [6.45, 7) is 6.19. The minimum atomic E-state index is -3.10. The van der Waals surface area contributed by atoms with Gasteiger partial charge in [-0.2, -0.15) is 8.78 Å². The first-order valence-electron chi connectivity index (χ1n) is 16.6. The van der Waals surface area contributed by atoms with Gasteiger partial charge in [0.2, 0.25) is 0 Å². The highest BCUT2D eigenvalue weighted by Gasteiger charge is 2.39. The predicted molar refractivity (Wildman–Crippen MR) is 189 cm³/mol. The third kappa shape index (κ3) is 9.03. The molecule has 0 saturated carbocycles. The Labute approximate surface area is 301 Å². The third-order valence-corrected chi connectivity index (χ3v) is 9.42. The lowest BCUT2D eigenvalue weighted by atomic mass is 9.80. The summed E-state index contributed by atoms with van der Waals surface area (Å²) < 4.78 is 42.7. The molecule has 0 radical (unpaired) electrons. The van der Waals surface area contributed by atoms with E-state index in [2.05, 4.69) is 39.4 Å². The number of carbonyl (C=O) groups excluding carboxylic acids is 2. The van der Waals surface area contributed by atoms with Crippen molar-refractivity contribution in [3.8, 4) is 5.75 Å². The molecule has 1 N–H and O–H groups in total. The maximum atomic E-state index is 13.7. The first-order chi connectivity index (χ1) is 24.1. The van der Waals surface area contributed by atoms with Gasteiger partial charge in [-0.25, -0.2) is 9.59 Å². The van der Waals surface area contributed by atoms with Crippen LogP contribution in [0, 0.1) is 0 Å². The fourth-order valence-corrected chi connectivity index (χ4v) is 6.91. The van der Waals surface area contributed by atoms with Crippen molar-refractivity contribution < 1.29 is 32.6 Å². The van der Waals surface area contributed by atoms with Crippen molar-refractivity contribution in [2.45, 2.75) is 45.8 Å². The minimum absolute atomic E-state index is 0.0506. The van der Waals surface area contributed by atoms with Gasteiger partial charge in [0.1, 0.15) is 5.75 Å². The van der Waals surface area contributed by atoms with E-state index >= 15 is 0 Å². The summed E-state index contributed by atoms with van der Waals surface area (Å²) in [5.74, 6) is -2.50. The second kappa shape index (κ2) is 17.3. The van der Waals surface area contributed by atoms with Crippen molar-refractivity contribution in [1.29, 1.82) is 0 Å². The molecule has 0 spiro atoms. The van der Waals surface area contributed by atoms with Gasteiger partial charge in [-0.1, -0.05) is 65.7 Å². The van der Waals surface area contributed by atoms with Crippen LogP contribution in [0.3, 0.4) is 0 Å². The van der Waals surface area contributed by atoms with Gasteiger partial charge in [0.25, 0.3) is 0 Å². The summed E-state index contributed by atoms with van der Waals surface area (Å²) in [4.78, 5) is 31.7. The molecule has 1 fully saturated rings. The Morgan fingerprint density at radius 1 is 0.820 bits per heavy atom. The Morgan fingerprint density at radius 3 is 1.90 bits per heavy atom. The highest BCUT2D eigenvalue weighted by atomic mass is 35.5. The SMILES string of the molecule is CCOC(=O)C1=C(C)NC(C)=C(C(=O)OCCCN2CCN(C(c3ccc(Cl)cc3)c3ccc(Cl)cc3)CC2)C1c1ccccc1OC(F)F. The molecule has 266 valence electrons. The summed E-state index contributed by atoms with van der Waals surface area (Å²) in [6.07, 6.45) is 0.582. The highest BCUT2D eigenvalue weighted by Crippen LogP contribution is 2.43. The maximum absolute atomic E-state index is 13.7. The lowest BCUT2D eigenvalue weighted by Crippen LogP contribution is -2.48. The Morgan fingerprint density at radius 2 is 1.36 bits per heavy atom. The summed E-state index contributed by atoms with van der Waals surface area (Å²) in [5, 5.41) is 4.46. The number of benzene rings is 3. The predicted octanol–water partition coefficient (Wildman–Crippen LogP) is 7.73. The second-order valence-electron chi connectivity index (χ2n) is 12.1. The van der Waals surface area contributed by atoms with Gasteiger partial charge in [0, 0.05) is 59.7 Å². The fraction of sp³-hybridized carbons (Fsp3) is 0.368. The molecule has 1 atom stereocenters. The standard InChI is InChI=1S/C38H41Cl2F2N3O5/c1-4-48-36(46)32-24(2)43-25(3)33(34(32)30-8-5-6-9-31(30)50-38(41)42)37(47)49-23-7-18-44-19-21-45(22-20-44)35(26-10-14-28(39)15-11-26)27-12-16-29(40)17-13-27/h5-6,8-17,34-35,38,43H,4,7,18-23H2,1-3H3. The Bertz CT molecular complexity index is 1660. The second-order valence-corrected chi connectivity index (χ2v) is 13.0. The quantitative estimate of drug-likeness (QED) is 0.142. The molecule has 2 aliphatic rings. The smallest absolute Gasteiger partial charge is 0.387 e. The van der Waals surface area contributed by atoms with Crippen molar-refractivity contribution in [3.05, 3.63) is 122 Å². The molecule has 3 aromatic rings. The summed E-state index contributed by atoms with van der Waals surface area (Å²) >= 11 is 12.4. The van der Waals surface area contributed by atoms with Crippen LogP contribution in [0.1, 0.15) is 55.8 Å². The van der Waals surface area contributed by atoms with Crippen molar-refractivity contribution in [1.82, 2.24) is 15.1 Å². The average molecular weight is 729 g/mol. The topological polar surface area (TPSA) is 80.3 Å². The monoisotopic (exact) mass is 727 g/mol. The van der Waals surface area contributed by atoms with E-state index in [-0.39, 0.29) is 41.7 Å². The molecule has 0 aromatic heterocycles. The minimum Gasteiger partial charge on any atom is -0.463 e. The van der Waals surface area contributed by atoms with E-state index in [0.717, 1.165) is 37.3 Å². The maximum Gasteiger partial charge on any atom is 0.387 e. The molecule has 0 amide bonds. The zero-order chi connectivity index (χ0) is 35.8. The number of dihydropyridines is 1. The van der Waals surface area contributed by atoms with Crippen LogP contribution < -0.4 is 10.1 Å². The first kappa shape index (κ1) is 37.3. The number of para-hydroxylation sites is 1. The van der Waals surface area contributed by atoms with Gasteiger partial charge in [-0.3, -0.25) is 4.90 Å². The van der Waals surface area contributed by atoms with Gasteiger partial charge >= 0.3 is 18.6 Å². The number of hydrogen-bond donors (Lipinski definition) is 1. The lowest BCUT2D eigenvalue weighted by molar-refractivity contribution is -0.140. The van der Waals surface area contributed by atoms with E-state index in [1.54, 1.807) is 39.0 Å². The Hall–Kier alpha value is -3.96. The number of hydrogen-bond acceptors (Lipinski definition) is 8. The van der Waals surface area contributed by atoms with Crippen LogP contribution in [0.2, 0.25) is 10.0 Å². The molecule has 12 heteroatoms. The summed E-state index contributed by atoms with van der Waals surface area (Å²) in [6, 6.07) is 22.0. The number of alkyl halides is 2. The number of nitrogens with zero attached hydrogens (tertiary/aromatic N) is 2. The number of allylic oxidation sites excluding steroid dienone is 2. The lowest BCUT2D eigenvalue weighted by Gasteiger charge is -2.40. The Balaban J connectivity index is 1.23. The molecular weight excluding hydrogens is 687 g/mol. The molecule has 0 aliphatic carbocycles. The third-order valence-electron chi connectivity index (χ3n) is 8.92. The van der Waals surface area contributed by atoms with Crippen LogP contribution in [0.25, 0.3) is 0 Å². The summed E-state index contributed by atoms with van der Waals surface area (Å²) in [7, 11) is 0. The van der Waals surface area contributed by atoms with Crippen LogP contribution in [-0.4, -0.2) is 74.3 Å². The van der Waals surface area contributed by atoms with Crippen LogP contribution in [0.5, 0.6) is 5.75 Å². The number of piperazine rings is 1. The zero-order valence-electron chi connectivity index (χ0n) is 28.3. The van der Waals surface area contributed by atoms with E-state index in [1.165, 1.54) is 6.07 Å². The molecule has 2 aliphatic heterocycles. The molecule has 8 nitrogen and oxygen atoms in total. The van der Waals surface area contributed by atoms with E-state index in [4.69, 9.17) is 37.4 Å². The Kier molecular flexibility index (Phi) is 12.9. The van der Waals surface area contributed by atoms with E-state index in [9.17, 15) is 18.4 Å². The van der Waals surface area contributed by atoms with Crippen molar-refractivity contribution in [2.24, 2.45) is 0 Å². The van der Waals surface area contributed by atoms with Crippen molar-refractivity contribution >= 4 is 35.1 Å². The average Bonchev–Trinajstić information content (AvgIpc) is 3.09. The molecule has 2 heterocycles. The number of rotatable bonds is 13. The van der Waals surface area contributed by atoms with Crippen LogP contribution in [0.4, 0.5) is 8.78 Å². The number of nitrogens with one attached hydrogen (secondary N) is 1. The van der Waals surface area contributed by atoms with Gasteiger partial charge in [0.05, 0.1) is 36.3 Å². The van der Waals surface area contributed by atoms with Crippen LogP contribution in [0.15, 0.2) is 95.3 Å². The van der Waals surface area contributed by atoms with Crippen LogP contribution in [-0.2, 0) is 19.1 Å².